The Kier molecular flexibility index (Phi) is 3.92. The van der Waals surface area contributed by atoms with Gasteiger partial charge in [-0.15, -0.1) is 0 Å². The van der Waals surface area contributed by atoms with Crippen LogP contribution < -0.4 is 20.3 Å². The summed E-state index contributed by atoms with van der Waals surface area (Å²) in [5.41, 5.74) is 0.646. The average molecular weight is 405 g/mol. The number of carbonyl (C=O) groups is 1. The zero-order valence-corrected chi connectivity index (χ0v) is 15.7. The number of carbonyl (C=O) groups excluding carboxylic acids is 1. The minimum atomic E-state index is -0.315. The Morgan fingerprint density at radius 1 is 1.37 bits per heavy atom. The third kappa shape index (κ3) is 2.71. The van der Waals surface area contributed by atoms with Gasteiger partial charge >= 0.3 is 0 Å². The molecule has 2 aliphatic rings. The SMILES string of the molecule is O=C(NCC1CCCO1)c1sc(=S)n2c1[nH]c(=O)c1cc3c(cc12)OCO3. The van der Waals surface area contributed by atoms with Crippen LogP contribution in [0.3, 0.4) is 0 Å². The number of hydrogen-bond donors (Lipinski definition) is 2. The van der Waals surface area contributed by atoms with Crippen molar-refractivity contribution in [2.24, 2.45) is 0 Å². The van der Waals surface area contributed by atoms with Crippen molar-refractivity contribution in [2.75, 3.05) is 19.9 Å². The number of rotatable bonds is 3. The molecule has 1 fully saturated rings. The zero-order valence-electron chi connectivity index (χ0n) is 14.1. The molecule has 1 unspecified atom stereocenters. The standard InChI is InChI=1S/C17H15N3O5S2/c21-15-9-4-11-12(25-7-24-11)5-10(9)20-14(19-15)13(27-17(20)26)16(22)18-6-8-2-1-3-23-8/h4-5,8H,1-3,6-7H2,(H,18,22)(H,19,21). The number of benzene rings is 1. The van der Waals surface area contributed by atoms with Gasteiger partial charge in [0.25, 0.3) is 11.5 Å². The van der Waals surface area contributed by atoms with E-state index in [4.69, 9.17) is 26.4 Å². The number of ether oxygens (including phenoxy) is 3. The maximum absolute atomic E-state index is 12.7. The van der Waals surface area contributed by atoms with Crippen LogP contribution in [0.2, 0.25) is 0 Å². The van der Waals surface area contributed by atoms with E-state index in [0.29, 0.717) is 43.4 Å². The first-order chi connectivity index (χ1) is 13.1. The Balaban J connectivity index is 1.61. The molecular weight excluding hydrogens is 390 g/mol. The summed E-state index contributed by atoms with van der Waals surface area (Å²) in [4.78, 5) is 28.4. The fourth-order valence-electron chi connectivity index (χ4n) is 3.42. The molecule has 1 saturated heterocycles. The Labute approximate surface area is 161 Å². The molecule has 5 rings (SSSR count). The van der Waals surface area contributed by atoms with Crippen LogP contribution in [0.25, 0.3) is 16.6 Å². The van der Waals surface area contributed by atoms with Gasteiger partial charge in [0, 0.05) is 19.2 Å². The summed E-state index contributed by atoms with van der Waals surface area (Å²) in [5.74, 6) is 0.787. The van der Waals surface area contributed by atoms with Gasteiger partial charge in [0.15, 0.2) is 15.5 Å². The molecule has 10 heteroatoms. The van der Waals surface area contributed by atoms with Gasteiger partial charge in [-0.25, -0.2) is 0 Å². The Hall–Kier alpha value is -2.43. The summed E-state index contributed by atoms with van der Waals surface area (Å²) in [7, 11) is 0. The first kappa shape index (κ1) is 16.7. The van der Waals surface area contributed by atoms with Gasteiger partial charge in [0.2, 0.25) is 6.79 Å². The van der Waals surface area contributed by atoms with Crippen molar-refractivity contribution < 1.29 is 19.0 Å². The van der Waals surface area contributed by atoms with Gasteiger partial charge in [-0.1, -0.05) is 11.3 Å². The lowest BCUT2D eigenvalue weighted by Gasteiger charge is -2.10. The summed E-state index contributed by atoms with van der Waals surface area (Å²) in [6, 6.07) is 3.35. The average Bonchev–Trinajstić information content (AvgIpc) is 3.38. The molecule has 140 valence electrons. The Morgan fingerprint density at radius 3 is 2.96 bits per heavy atom. The normalized spacial score (nSPS) is 18.4. The second-order valence-corrected chi connectivity index (χ2v) is 8.05. The van der Waals surface area contributed by atoms with Crippen LogP contribution in [0, 0.1) is 3.95 Å². The van der Waals surface area contributed by atoms with Crippen LogP contribution >= 0.6 is 23.6 Å². The molecule has 1 aromatic carbocycles. The van der Waals surface area contributed by atoms with Crippen LogP contribution in [0.4, 0.5) is 0 Å². The quantitative estimate of drug-likeness (QED) is 0.649. The number of thiazole rings is 1. The molecule has 2 aliphatic heterocycles. The first-order valence-electron chi connectivity index (χ1n) is 8.53. The summed E-state index contributed by atoms with van der Waals surface area (Å²) >= 11 is 6.62. The molecule has 2 aromatic heterocycles. The molecule has 1 amide bonds. The fourth-order valence-corrected chi connectivity index (χ4v) is 4.72. The molecule has 0 aliphatic carbocycles. The van der Waals surface area contributed by atoms with Crippen molar-refractivity contribution in [3.63, 3.8) is 0 Å². The summed E-state index contributed by atoms with van der Waals surface area (Å²) in [6.45, 7) is 1.27. The van der Waals surface area contributed by atoms with Crippen molar-refractivity contribution in [1.29, 1.82) is 0 Å². The van der Waals surface area contributed by atoms with Crippen molar-refractivity contribution in [3.8, 4) is 11.5 Å². The number of H-pyrrole nitrogens is 1. The van der Waals surface area contributed by atoms with E-state index in [2.05, 4.69) is 10.3 Å². The number of nitrogens with one attached hydrogen (secondary N) is 2. The van der Waals surface area contributed by atoms with Crippen LogP contribution in [-0.2, 0) is 4.74 Å². The van der Waals surface area contributed by atoms with E-state index in [1.54, 1.807) is 16.5 Å². The molecule has 4 heterocycles. The molecule has 2 N–H and O–H groups in total. The molecule has 0 radical (unpaired) electrons. The predicted octanol–water partition coefficient (Wildman–Crippen LogP) is 2.21. The van der Waals surface area contributed by atoms with Crippen molar-refractivity contribution in [3.05, 3.63) is 31.3 Å². The van der Waals surface area contributed by atoms with Gasteiger partial charge in [0.05, 0.1) is 17.0 Å². The van der Waals surface area contributed by atoms with E-state index in [0.717, 1.165) is 30.8 Å². The van der Waals surface area contributed by atoms with E-state index in [1.807, 2.05) is 0 Å². The van der Waals surface area contributed by atoms with Crippen LogP contribution in [0.15, 0.2) is 16.9 Å². The first-order valence-corrected chi connectivity index (χ1v) is 9.75. The van der Waals surface area contributed by atoms with Gasteiger partial charge in [-0.2, -0.15) is 0 Å². The highest BCUT2D eigenvalue weighted by atomic mass is 32.1. The third-order valence-electron chi connectivity index (χ3n) is 4.74. The monoisotopic (exact) mass is 405 g/mol. The van der Waals surface area contributed by atoms with Gasteiger partial charge < -0.3 is 24.5 Å². The zero-order chi connectivity index (χ0) is 18.5. The highest BCUT2D eigenvalue weighted by Gasteiger charge is 2.23. The fraction of sp³-hybridized carbons (Fsp3) is 0.353. The van der Waals surface area contributed by atoms with Crippen molar-refractivity contribution >= 4 is 46.0 Å². The lowest BCUT2D eigenvalue weighted by molar-refractivity contribution is 0.0862. The molecular formula is C17H15N3O5S2. The number of aromatic amines is 1. The lowest BCUT2D eigenvalue weighted by atomic mass is 10.2. The second kappa shape index (κ2) is 6.32. The predicted molar refractivity (Wildman–Crippen MR) is 102 cm³/mol. The molecule has 3 aromatic rings. The minimum absolute atomic E-state index is 0.0374. The molecule has 27 heavy (non-hydrogen) atoms. The van der Waals surface area contributed by atoms with Crippen molar-refractivity contribution in [2.45, 2.75) is 18.9 Å². The van der Waals surface area contributed by atoms with E-state index in [-0.39, 0.29) is 24.4 Å². The van der Waals surface area contributed by atoms with Gasteiger partial charge in [-0.3, -0.25) is 14.0 Å². The summed E-state index contributed by atoms with van der Waals surface area (Å²) in [6.07, 6.45) is 1.97. The number of nitrogens with zero attached hydrogens (tertiary/aromatic N) is 1. The smallest absolute Gasteiger partial charge is 0.265 e. The number of hydrogen-bond acceptors (Lipinski definition) is 7. The van der Waals surface area contributed by atoms with Gasteiger partial charge in [0.1, 0.15) is 10.5 Å². The number of fused-ring (bicyclic) bond motifs is 4. The Bertz CT molecular complexity index is 1190. The van der Waals surface area contributed by atoms with Crippen molar-refractivity contribution in [1.82, 2.24) is 14.7 Å². The molecule has 0 spiro atoms. The largest absolute Gasteiger partial charge is 0.454 e. The van der Waals surface area contributed by atoms with Crippen LogP contribution in [0.5, 0.6) is 11.5 Å². The maximum Gasteiger partial charge on any atom is 0.265 e. The van der Waals surface area contributed by atoms with Crippen LogP contribution in [0.1, 0.15) is 22.5 Å². The maximum atomic E-state index is 12.7. The molecule has 0 saturated carbocycles. The third-order valence-corrected chi connectivity index (χ3v) is 6.11. The summed E-state index contributed by atoms with van der Waals surface area (Å²) < 4.78 is 18.4. The molecule has 8 nitrogen and oxygen atoms in total. The minimum Gasteiger partial charge on any atom is -0.454 e. The Morgan fingerprint density at radius 2 is 2.19 bits per heavy atom. The van der Waals surface area contributed by atoms with E-state index >= 15 is 0 Å². The lowest BCUT2D eigenvalue weighted by Crippen LogP contribution is -2.31. The van der Waals surface area contributed by atoms with E-state index < -0.39 is 0 Å². The van der Waals surface area contributed by atoms with E-state index in [1.165, 1.54) is 0 Å². The summed E-state index contributed by atoms with van der Waals surface area (Å²) in [5, 5.41) is 3.30. The van der Waals surface area contributed by atoms with E-state index in [9.17, 15) is 9.59 Å². The highest BCUT2D eigenvalue weighted by molar-refractivity contribution is 7.73. The van der Waals surface area contributed by atoms with Crippen LogP contribution in [-0.4, -0.2) is 41.3 Å². The number of amides is 1. The highest BCUT2D eigenvalue weighted by Crippen LogP contribution is 2.36. The molecule has 0 bridgehead atoms. The topological polar surface area (TPSA) is 94.1 Å². The number of aromatic nitrogens is 2. The second-order valence-electron chi connectivity index (χ2n) is 6.40. The molecule has 1 atom stereocenters. The van der Waals surface area contributed by atoms with Gasteiger partial charge in [-0.05, 0) is 31.1 Å².